The van der Waals surface area contributed by atoms with Crippen LogP contribution in [0.5, 0.6) is 0 Å². The minimum Gasteiger partial charge on any atom is -0.378 e. The Morgan fingerprint density at radius 3 is 2.92 bits per heavy atom. The lowest BCUT2D eigenvalue weighted by atomic mass is 9.91. The molecule has 0 saturated carbocycles. The maximum Gasteiger partial charge on any atom is 0.245 e. The summed E-state index contributed by atoms with van der Waals surface area (Å²) in [6, 6.07) is 7.70. The number of para-hydroxylation sites is 2. The van der Waals surface area contributed by atoms with E-state index in [4.69, 9.17) is 10.5 Å². The highest BCUT2D eigenvalue weighted by molar-refractivity contribution is 7.97. The second-order valence-corrected chi connectivity index (χ2v) is 7.05. The Kier molecular flexibility index (Phi) is 5.29. The Morgan fingerprint density at radius 1 is 1.44 bits per heavy atom. The standard InChI is InChI=1S/C17H22N4O3S/c1-25-10-14-19-12-5-2-3-6-13(12)21(14)9-15(22)20-17(16(18)23)7-4-8-24-11-17/h2-3,5-6H,4,7-11H2,1H3,(H2,18,23)(H,20,22). The normalized spacial score (nSPS) is 20.5. The van der Waals surface area contributed by atoms with Gasteiger partial charge in [0.2, 0.25) is 11.8 Å². The van der Waals surface area contributed by atoms with Crippen molar-refractivity contribution in [3.05, 3.63) is 30.1 Å². The van der Waals surface area contributed by atoms with Crippen LogP contribution in [0.2, 0.25) is 0 Å². The first-order valence-corrected chi connectivity index (χ1v) is 9.57. The molecule has 134 valence electrons. The molecular weight excluding hydrogens is 340 g/mol. The van der Waals surface area contributed by atoms with E-state index < -0.39 is 11.4 Å². The number of imidazole rings is 1. The number of rotatable bonds is 6. The highest BCUT2D eigenvalue weighted by Gasteiger charge is 2.40. The van der Waals surface area contributed by atoms with E-state index in [0.29, 0.717) is 25.2 Å². The molecule has 25 heavy (non-hydrogen) atoms. The Morgan fingerprint density at radius 2 is 2.24 bits per heavy atom. The van der Waals surface area contributed by atoms with Crippen molar-refractivity contribution in [1.82, 2.24) is 14.9 Å². The Balaban J connectivity index is 1.84. The largest absolute Gasteiger partial charge is 0.378 e. The fourth-order valence-corrected chi connectivity index (χ4v) is 3.62. The van der Waals surface area contributed by atoms with E-state index in [1.54, 1.807) is 11.8 Å². The average molecular weight is 362 g/mol. The number of benzene rings is 1. The predicted molar refractivity (Wildman–Crippen MR) is 97.1 cm³/mol. The van der Waals surface area contributed by atoms with Crippen LogP contribution in [0.1, 0.15) is 18.7 Å². The molecule has 1 saturated heterocycles. The molecule has 2 aromatic rings. The van der Waals surface area contributed by atoms with Crippen molar-refractivity contribution in [3.63, 3.8) is 0 Å². The molecule has 2 heterocycles. The number of hydrogen-bond donors (Lipinski definition) is 2. The van der Waals surface area contributed by atoms with Gasteiger partial charge in [0.05, 0.1) is 23.4 Å². The van der Waals surface area contributed by atoms with Crippen molar-refractivity contribution < 1.29 is 14.3 Å². The van der Waals surface area contributed by atoms with Crippen molar-refractivity contribution in [3.8, 4) is 0 Å². The summed E-state index contributed by atoms with van der Waals surface area (Å²) < 4.78 is 7.27. The van der Waals surface area contributed by atoms with Gasteiger partial charge in [0, 0.05) is 6.61 Å². The van der Waals surface area contributed by atoms with E-state index in [0.717, 1.165) is 16.9 Å². The lowest BCUT2D eigenvalue weighted by Gasteiger charge is -2.34. The van der Waals surface area contributed by atoms with Gasteiger partial charge in [0.15, 0.2) is 0 Å². The zero-order chi connectivity index (χ0) is 17.9. The van der Waals surface area contributed by atoms with Crippen molar-refractivity contribution >= 4 is 34.6 Å². The summed E-state index contributed by atoms with van der Waals surface area (Å²) in [5.41, 5.74) is 6.17. The van der Waals surface area contributed by atoms with E-state index in [1.807, 2.05) is 35.1 Å². The maximum absolute atomic E-state index is 12.7. The molecule has 2 amide bonds. The number of carbonyl (C=O) groups excluding carboxylic acids is 2. The van der Waals surface area contributed by atoms with Crippen LogP contribution in [0.4, 0.5) is 0 Å². The summed E-state index contributed by atoms with van der Waals surface area (Å²) in [5.74, 6) is 0.707. The zero-order valence-electron chi connectivity index (χ0n) is 14.2. The minimum atomic E-state index is -1.12. The highest BCUT2D eigenvalue weighted by atomic mass is 32.2. The molecule has 3 rings (SSSR count). The predicted octanol–water partition coefficient (Wildman–Crippen LogP) is 1.05. The molecule has 1 atom stereocenters. The fraction of sp³-hybridized carbons (Fsp3) is 0.471. The van der Waals surface area contributed by atoms with Crippen LogP contribution in [0.3, 0.4) is 0 Å². The number of nitrogens with two attached hydrogens (primary N) is 1. The molecular formula is C17H22N4O3S. The molecule has 1 unspecified atom stereocenters. The molecule has 0 spiro atoms. The number of nitrogens with zero attached hydrogens (tertiary/aromatic N) is 2. The first-order valence-electron chi connectivity index (χ1n) is 8.17. The monoisotopic (exact) mass is 362 g/mol. The molecule has 0 aliphatic carbocycles. The molecule has 1 aromatic carbocycles. The van der Waals surface area contributed by atoms with Crippen LogP contribution in [0.15, 0.2) is 24.3 Å². The number of aromatic nitrogens is 2. The first-order chi connectivity index (χ1) is 12.1. The van der Waals surface area contributed by atoms with Crippen LogP contribution in [-0.2, 0) is 26.6 Å². The minimum absolute atomic E-state index is 0.0887. The highest BCUT2D eigenvalue weighted by Crippen LogP contribution is 2.21. The number of carbonyl (C=O) groups is 2. The van der Waals surface area contributed by atoms with E-state index in [-0.39, 0.29) is 19.1 Å². The summed E-state index contributed by atoms with van der Waals surface area (Å²) in [5, 5.41) is 2.81. The number of ether oxygens (including phenoxy) is 1. The van der Waals surface area contributed by atoms with Gasteiger partial charge in [-0.1, -0.05) is 12.1 Å². The van der Waals surface area contributed by atoms with Gasteiger partial charge in [-0.05, 0) is 31.2 Å². The third-order valence-corrected chi connectivity index (χ3v) is 4.95. The molecule has 8 heteroatoms. The average Bonchev–Trinajstić information content (AvgIpc) is 2.93. The van der Waals surface area contributed by atoms with Gasteiger partial charge in [0.25, 0.3) is 0 Å². The van der Waals surface area contributed by atoms with Gasteiger partial charge in [-0.15, -0.1) is 0 Å². The SMILES string of the molecule is CSCc1nc2ccccc2n1CC(=O)NC1(C(N)=O)CCCOC1. The topological polar surface area (TPSA) is 99.2 Å². The molecule has 1 aliphatic rings. The van der Waals surface area contributed by atoms with Crippen LogP contribution in [0.25, 0.3) is 11.0 Å². The third-order valence-electron chi connectivity index (χ3n) is 4.40. The van der Waals surface area contributed by atoms with Gasteiger partial charge < -0.3 is 20.4 Å². The van der Waals surface area contributed by atoms with E-state index in [2.05, 4.69) is 10.3 Å². The van der Waals surface area contributed by atoms with E-state index in [1.165, 1.54) is 0 Å². The Labute approximate surface area is 150 Å². The lowest BCUT2D eigenvalue weighted by molar-refractivity contribution is -0.137. The summed E-state index contributed by atoms with van der Waals surface area (Å²) in [7, 11) is 0. The second kappa shape index (κ2) is 7.45. The van der Waals surface area contributed by atoms with Crippen molar-refractivity contribution in [2.24, 2.45) is 5.73 Å². The molecule has 3 N–H and O–H groups in total. The third kappa shape index (κ3) is 3.64. The summed E-state index contributed by atoms with van der Waals surface area (Å²) in [6.45, 7) is 0.788. The number of thioether (sulfide) groups is 1. The summed E-state index contributed by atoms with van der Waals surface area (Å²) in [4.78, 5) is 29.2. The number of primary amides is 1. The molecule has 1 aromatic heterocycles. The molecule has 0 radical (unpaired) electrons. The van der Waals surface area contributed by atoms with Crippen LogP contribution < -0.4 is 11.1 Å². The molecule has 1 aliphatic heterocycles. The van der Waals surface area contributed by atoms with Gasteiger partial charge in [-0.25, -0.2) is 4.98 Å². The number of hydrogen-bond acceptors (Lipinski definition) is 5. The Bertz CT molecular complexity index is 783. The molecule has 7 nitrogen and oxygen atoms in total. The van der Waals surface area contributed by atoms with Gasteiger partial charge in [-0.2, -0.15) is 11.8 Å². The van der Waals surface area contributed by atoms with Crippen LogP contribution >= 0.6 is 11.8 Å². The van der Waals surface area contributed by atoms with Crippen LogP contribution in [-0.4, -0.2) is 46.4 Å². The first kappa shape index (κ1) is 17.8. The fourth-order valence-electron chi connectivity index (χ4n) is 3.14. The Hall–Kier alpha value is -2.06. The van der Waals surface area contributed by atoms with Gasteiger partial charge in [-0.3, -0.25) is 9.59 Å². The second-order valence-electron chi connectivity index (χ2n) is 6.19. The maximum atomic E-state index is 12.7. The zero-order valence-corrected chi connectivity index (χ0v) is 15.0. The van der Waals surface area contributed by atoms with Gasteiger partial charge in [0.1, 0.15) is 17.9 Å². The van der Waals surface area contributed by atoms with Crippen molar-refractivity contribution in [2.75, 3.05) is 19.5 Å². The number of nitrogens with one attached hydrogen (secondary N) is 1. The molecule has 1 fully saturated rings. The van der Waals surface area contributed by atoms with E-state index >= 15 is 0 Å². The summed E-state index contributed by atoms with van der Waals surface area (Å²) in [6.07, 6.45) is 3.18. The smallest absolute Gasteiger partial charge is 0.245 e. The van der Waals surface area contributed by atoms with Crippen molar-refractivity contribution in [1.29, 1.82) is 0 Å². The molecule has 0 bridgehead atoms. The van der Waals surface area contributed by atoms with E-state index in [9.17, 15) is 9.59 Å². The quantitative estimate of drug-likeness (QED) is 0.800. The number of fused-ring (bicyclic) bond motifs is 1. The van der Waals surface area contributed by atoms with Crippen LogP contribution in [0, 0.1) is 0 Å². The lowest BCUT2D eigenvalue weighted by Crippen LogP contribution is -2.62. The summed E-state index contributed by atoms with van der Waals surface area (Å²) >= 11 is 1.64. The van der Waals surface area contributed by atoms with Crippen molar-refractivity contribution in [2.45, 2.75) is 30.7 Å². The van der Waals surface area contributed by atoms with Gasteiger partial charge >= 0.3 is 0 Å². The number of amides is 2.